The molecule has 1 aromatic heterocycles. The number of carbonyl (C=O) groups excluding carboxylic acids is 1. The molecule has 3 rings (SSSR count). The molecule has 0 spiro atoms. The zero-order valence-electron chi connectivity index (χ0n) is 10.9. The van der Waals surface area contributed by atoms with Crippen LogP contribution in [0.3, 0.4) is 0 Å². The standard InChI is InChI=1S/C14H16N4O/c1-18-14(16-9-17-18)7-13(19)12-4-2-3-10-8-15-6-5-11(10)12/h2-4,9,15H,5-8H2,1H3. The fourth-order valence-electron chi connectivity index (χ4n) is 2.51. The fourth-order valence-corrected chi connectivity index (χ4v) is 2.51. The average molecular weight is 256 g/mol. The number of Topliss-reactive ketones (excluding diaryl/α,β-unsaturated/α-hetero) is 1. The van der Waals surface area contributed by atoms with Gasteiger partial charge in [-0.25, -0.2) is 4.98 Å². The van der Waals surface area contributed by atoms with E-state index in [0.717, 1.165) is 25.1 Å². The van der Waals surface area contributed by atoms with E-state index in [0.29, 0.717) is 12.2 Å². The SMILES string of the molecule is Cn1ncnc1CC(=O)c1cccc2c1CCNC2. The Hall–Kier alpha value is -2.01. The first-order valence-corrected chi connectivity index (χ1v) is 6.43. The number of nitrogens with zero attached hydrogens (tertiary/aromatic N) is 3. The lowest BCUT2D eigenvalue weighted by Gasteiger charge is -2.19. The van der Waals surface area contributed by atoms with Crippen molar-refractivity contribution in [2.75, 3.05) is 6.54 Å². The third-order valence-corrected chi connectivity index (χ3v) is 3.56. The van der Waals surface area contributed by atoms with Crippen molar-refractivity contribution in [3.63, 3.8) is 0 Å². The van der Waals surface area contributed by atoms with E-state index < -0.39 is 0 Å². The molecule has 0 aliphatic carbocycles. The summed E-state index contributed by atoms with van der Waals surface area (Å²) < 4.78 is 1.65. The predicted octanol–water partition coefficient (Wildman–Crippen LogP) is 0.886. The molecule has 1 aliphatic rings. The van der Waals surface area contributed by atoms with E-state index >= 15 is 0 Å². The first-order chi connectivity index (χ1) is 9.25. The van der Waals surface area contributed by atoms with Crippen molar-refractivity contribution in [1.29, 1.82) is 0 Å². The van der Waals surface area contributed by atoms with E-state index in [1.54, 1.807) is 11.7 Å². The minimum Gasteiger partial charge on any atom is -0.312 e. The predicted molar refractivity (Wildman–Crippen MR) is 70.9 cm³/mol. The molecular formula is C14H16N4O. The number of rotatable bonds is 3. The molecule has 19 heavy (non-hydrogen) atoms. The summed E-state index contributed by atoms with van der Waals surface area (Å²) >= 11 is 0. The van der Waals surface area contributed by atoms with Gasteiger partial charge >= 0.3 is 0 Å². The summed E-state index contributed by atoms with van der Waals surface area (Å²) in [6, 6.07) is 5.96. The molecule has 0 atom stereocenters. The number of ketones is 1. The highest BCUT2D eigenvalue weighted by molar-refractivity contribution is 5.98. The van der Waals surface area contributed by atoms with Gasteiger partial charge in [-0.3, -0.25) is 9.48 Å². The van der Waals surface area contributed by atoms with Crippen molar-refractivity contribution in [2.45, 2.75) is 19.4 Å². The fraction of sp³-hybridized carbons (Fsp3) is 0.357. The van der Waals surface area contributed by atoms with Gasteiger partial charge in [-0.2, -0.15) is 5.10 Å². The van der Waals surface area contributed by atoms with Crippen LogP contribution in [0.4, 0.5) is 0 Å². The molecule has 5 nitrogen and oxygen atoms in total. The van der Waals surface area contributed by atoms with Crippen LogP contribution in [-0.2, 0) is 26.4 Å². The first kappa shape index (κ1) is 12.0. The van der Waals surface area contributed by atoms with Gasteiger partial charge in [0.25, 0.3) is 0 Å². The number of aryl methyl sites for hydroxylation is 1. The first-order valence-electron chi connectivity index (χ1n) is 6.43. The second kappa shape index (κ2) is 4.93. The molecule has 2 aromatic rings. The van der Waals surface area contributed by atoms with Gasteiger partial charge in [0, 0.05) is 19.2 Å². The maximum atomic E-state index is 12.4. The topological polar surface area (TPSA) is 59.8 Å². The Morgan fingerprint density at radius 1 is 1.47 bits per heavy atom. The van der Waals surface area contributed by atoms with Gasteiger partial charge in [-0.05, 0) is 24.1 Å². The third kappa shape index (κ3) is 2.29. The summed E-state index contributed by atoms with van der Waals surface area (Å²) in [5.41, 5.74) is 3.26. The lowest BCUT2D eigenvalue weighted by Crippen LogP contribution is -2.25. The van der Waals surface area contributed by atoms with E-state index in [1.165, 1.54) is 17.5 Å². The second-order valence-electron chi connectivity index (χ2n) is 4.77. The number of carbonyl (C=O) groups is 1. The van der Waals surface area contributed by atoms with Crippen LogP contribution < -0.4 is 5.32 Å². The van der Waals surface area contributed by atoms with Crippen LogP contribution in [0.15, 0.2) is 24.5 Å². The van der Waals surface area contributed by atoms with E-state index in [9.17, 15) is 4.79 Å². The van der Waals surface area contributed by atoms with Crippen molar-refractivity contribution in [3.8, 4) is 0 Å². The lowest BCUT2D eigenvalue weighted by atomic mass is 9.92. The quantitative estimate of drug-likeness (QED) is 0.828. The zero-order chi connectivity index (χ0) is 13.2. The largest absolute Gasteiger partial charge is 0.312 e. The van der Waals surface area contributed by atoms with Crippen molar-refractivity contribution >= 4 is 5.78 Å². The van der Waals surface area contributed by atoms with Gasteiger partial charge in [0.2, 0.25) is 0 Å². The molecule has 1 aromatic carbocycles. The molecule has 1 aliphatic heterocycles. The summed E-state index contributed by atoms with van der Waals surface area (Å²) in [4.78, 5) is 16.5. The van der Waals surface area contributed by atoms with E-state index in [1.807, 2.05) is 12.1 Å². The highest BCUT2D eigenvalue weighted by atomic mass is 16.1. The van der Waals surface area contributed by atoms with Crippen molar-refractivity contribution in [1.82, 2.24) is 20.1 Å². The van der Waals surface area contributed by atoms with Crippen molar-refractivity contribution < 1.29 is 4.79 Å². The molecule has 0 radical (unpaired) electrons. The number of aromatic nitrogens is 3. The van der Waals surface area contributed by atoms with Gasteiger partial charge < -0.3 is 5.32 Å². The average Bonchev–Trinajstić information content (AvgIpc) is 2.83. The molecule has 5 heteroatoms. The summed E-state index contributed by atoms with van der Waals surface area (Å²) in [6.07, 6.45) is 2.70. The minimum absolute atomic E-state index is 0.120. The highest BCUT2D eigenvalue weighted by Crippen LogP contribution is 2.20. The molecule has 0 unspecified atom stereocenters. The Kier molecular flexibility index (Phi) is 3.13. The Balaban J connectivity index is 1.90. The smallest absolute Gasteiger partial charge is 0.170 e. The van der Waals surface area contributed by atoms with Crippen LogP contribution in [-0.4, -0.2) is 27.1 Å². The second-order valence-corrected chi connectivity index (χ2v) is 4.77. The van der Waals surface area contributed by atoms with Gasteiger partial charge in [-0.15, -0.1) is 0 Å². The number of hydrogen-bond acceptors (Lipinski definition) is 4. The molecule has 0 saturated carbocycles. The Morgan fingerprint density at radius 3 is 3.16 bits per heavy atom. The van der Waals surface area contributed by atoms with E-state index in [4.69, 9.17) is 0 Å². The summed E-state index contributed by atoms with van der Waals surface area (Å²) in [5, 5.41) is 7.32. The van der Waals surface area contributed by atoms with Gasteiger partial charge in [0.1, 0.15) is 12.2 Å². The van der Waals surface area contributed by atoms with E-state index in [-0.39, 0.29) is 5.78 Å². The number of fused-ring (bicyclic) bond motifs is 1. The van der Waals surface area contributed by atoms with Crippen LogP contribution in [0.2, 0.25) is 0 Å². The van der Waals surface area contributed by atoms with Gasteiger partial charge in [-0.1, -0.05) is 18.2 Å². The summed E-state index contributed by atoms with van der Waals surface area (Å²) in [7, 11) is 1.81. The normalized spacial score (nSPS) is 14.2. The van der Waals surface area contributed by atoms with Crippen LogP contribution >= 0.6 is 0 Å². The Labute approximate surface area is 111 Å². The number of hydrogen-bond donors (Lipinski definition) is 1. The third-order valence-electron chi connectivity index (χ3n) is 3.56. The zero-order valence-corrected chi connectivity index (χ0v) is 10.9. The Bertz CT molecular complexity index is 618. The van der Waals surface area contributed by atoms with E-state index in [2.05, 4.69) is 21.5 Å². The maximum absolute atomic E-state index is 12.4. The molecular weight excluding hydrogens is 240 g/mol. The molecule has 0 bridgehead atoms. The van der Waals surface area contributed by atoms with Gasteiger partial charge in [0.05, 0.1) is 6.42 Å². The lowest BCUT2D eigenvalue weighted by molar-refractivity contribution is 0.0988. The highest BCUT2D eigenvalue weighted by Gasteiger charge is 2.18. The van der Waals surface area contributed by atoms with Crippen LogP contribution in [0.5, 0.6) is 0 Å². The van der Waals surface area contributed by atoms with Crippen molar-refractivity contribution in [2.24, 2.45) is 7.05 Å². The summed E-state index contributed by atoms with van der Waals surface area (Å²) in [6.45, 7) is 1.78. The molecule has 0 amide bonds. The molecule has 98 valence electrons. The minimum atomic E-state index is 0.120. The van der Waals surface area contributed by atoms with Crippen LogP contribution in [0.25, 0.3) is 0 Å². The van der Waals surface area contributed by atoms with Crippen LogP contribution in [0, 0.1) is 0 Å². The Morgan fingerprint density at radius 2 is 2.37 bits per heavy atom. The van der Waals surface area contributed by atoms with Crippen molar-refractivity contribution in [3.05, 3.63) is 47.0 Å². The van der Waals surface area contributed by atoms with Crippen LogP contribution in [0.1, 0.15) is 27.3 Å². The number of benzene rings is 1. The molecule has 2 heterocycles. The van der Waals surface area contributed by atoms with Gasteiger partial charge in [0.15, 0.2) is 5.78 Å². The molecule has 1 N–H and O–H groups in total. The monoisotopic (exact) mass is 256 g/mol. The maximum Gasteiger partial charge on any atom is 0.170 e. The summed E-state index contributed by atoms with van der Waals surface area (Å²) in [5.74, 6) is 0.825. The molecule has 0 fully saturated rings. The molecule has 0 saturated heterocycles. The number of nitrogens with one attached hydrogen (secondary N) is 1.